The fraction of sp³-hybridized carbons (Fsp3) is 0.682. The largest absolute Gasteiger partial charge is 0.386 e. The van der Waals surface area contributed by atoms with E-state index in [0.29, 0.717) is 23.6 Å². The maximum absolute atomic E-state index is 5.89. The number of halogens is 2. The van der Waals surface area contributed by atoms with E-state index in [1.165, 1.54) is 37.7 Å². The lowest BCUT2D eigenvalue weighted by Gasteiger charge is -2.55. The third-order valence-electron chi connectivity index (χ3n) is 6.95. The molecule has 2 N–H and O–H groups in total. The molecule has 26 heavy (non-hydrogen) atoms. The summed E-state index contributed by atoms with van der Waals surface area (Å²) in [7, 11) is 0. The van der Waals surface area contributed by atoms with Crippen LogP contribution >= 0.6 is 24.0 Å². The molecule has 2 nitrogen and oxygen atoms in total. The van der Waals surface area contributed by atoms with Crippen LogP contribution in [-0.2, 0) is 11.8 Å². The van der Waals surface area contributed by atoms with Gasteiger partial charge in [0.1, 0.15) is 5.84 Å². The zero-order valence-corrected chi connectivity index (χ0v) is 18.2. The van der Waals surface area contributed by atoms with Crippen LogP contribution in [0.3, 0.4) is 0 Å². The van der Waals surface area contributed by atoms with E-state index < -0.39 is 0 Å². The molecule has 0 aromatic heterocycles. The molecule has 0 heterocycles. The number of rotatable bonds is 4. The normalized spacial score (nSPS) is 31.2. The molecule has 0 radical (unpaired) electrons. The Bertz CT molecular complexity index is 670. The highest BCUT2D eigenvalue weighted by atomic mass is 35.5. The van der Waals surface area contributed by atoms with Crippen molar-refractivity contribution < 1.29 is 0 Å². The van der Waals surface area contributed by atoms with Crippen molar-refractivity contribution in [3.8, 4) is 0 Å². The Labute approximate surface area is 170 Å². The van der Waals surface area contributed by atoms with E-state index in [0.717, 1.165) is 6.54 Å². The zero-order chi connectivity index (χ0) is 18.2. The summed E-state index contributed by atoms with van der Waals surface area (Å²) in [6.45, 7) is 10.3. The van der Waals surface area contributed by atoms with Gasteiger partial charge in [0.2, 0.25) is 0 Å². The van der Waals surface area contributed by atoms with Crippen molar-refractivity contribution in [2.45, 2.75) is 71.1 Å². The first-order valence-corrected chi connectivity index (χ1v) is 10.3. The SMILES string of the molecule is CC(C)c1ccc2c(c1)CC[C@H]1[C@](C)(CN=C(N)CCl)CCC[C@]21C.Cl. The first kappa shape index (κ1) is 21.6. The Balaban J connectivity index is 0.00000243. The van der Waals surface area contributed by atoms with Gasteiger partial charge in [0.05, 0.1) is 5.88 Å². The van der Waals surface area contributed by atoms with Gasteiger partial charge in [-0.2, -0.15) is 0 Å². The molecule has 146 valence electrons. The van der Waals surface area contributed by atoms with Crippen molar-refractivity contribution in [1.82, 2.24) is 0 Å². The van der Waals surface area contributed by atoms with Gasteiger partial charge in [0.15, 0.2) is 0 Å². The number of amidine groups is 1. The summed E-state index contributed by atoms with van der Waals surface area (Å²) in [5.74, 6) is 2.17. The summed E-state index contributed by atoms with van der Waals surface area (Å²) in [6, 6.07) is 7.25. The van der Waals surface area contributed by atoms with E-state index in [1.54, 1.807) is 11.1 Å². The molecule has 1 fully saturated rings. The summed E-state index contributed by atoms with van der Waals surface area (Å²) < 4.78 is 0. The molecule has 1 aromatic rings. The first-order chi connectivity index (χ1) is 11.8. The van der Waals surface area contributed by atoms with Crippen LogP contribution < -0.4 is 5.73 Å². The molecule has 3 atom stereocenters. The van der Waals surface area contributed by atoms with Crippen LogP contribution in [0.4, 0.5) is 0 Å². The Hall–Kier alpha value is -0.730. The number of hydrogen-bond donors (Lipinski definition) is 1. The average molecular weight is 397 g/mol. The predicted octanol–water partition coefficient (Wildman–Crippen LogP) is 5.84. The molecule has 1 aromatic carbocycles. The van der Waals surface area contributed by atoms with Crippen LogP contribution in [0.25, 0.3) is 0 Å². The minimum absolute atomic E-state index is 0. The summed E-state index contributed by atoms with van der Waals surface area (Å²) in [6.07, 6.45) is 6.26. The number of benzene rings is 1. The van der Waals surface area contributed by atoms with E-state index in [2.05, 4.69) is 50.9 Å². The summed E-state index contributed by atoms with van der Waals surface area (Å²) in [4.78, 5) is 4.62. The lowest BCUT2D eigenvalue weighted by Crippen LogP contribution is -2.50. The van der Waals surface area contributed by atoms with Crippen LogP contribution in [-0.4, -0.2) is 18.3 Å². The molecule has 4 heteroatoms. The smallest absolute Gasteiger partial charge is 0.109 e. The van der Waals surface area contributed by atoms with Gasteiger partial charge in [-0.05, 0) is 65.0 Å². The van der Waals surface area contributed by atoms with E-state index in [1.807, 2.05) is 0 Å². The van der Waals surface area contributed by atoms with Gasteiger partial charge < -0.3 is 5.73 Å². The first-order valence-electron chi connectivity index (χ1n) is 9.78. The fourth-order valence-corrected chi connectivity index (χ4v) is 5.60. The molecule has 2 aliphatic carbocycles. The van der Waals surface area contributed by atoms with Gasteiger partial charge in [-0.1, -0.05) is 52.3 Å². The predicted molar refractivity (Wildman–Crippen MR) is 116 cm³/mol. The van der Waals surface area contributed by atoms with Gasteiger partial charge in [-0.25, -0.2) is 0 Å². The summed E-state index contributed by atoms with van der Waals surface area (Å²) in [5, 5.41) is 0. The Morgan fingerprint density at radius 1 is 1.31 bits per heavy atom. The average Bonchev–Trinajstić information content (AvgIpc) is 2.59. The van der Waals surface area contributed by atoms with Crippen molar-refractivity contribution in [2.24, 2.45) is 22.1 Å². The molecular formula is C22H34Cl2N2. The molecule has 0 amide bonds. The fourth-order valence-electron chi connectivity index (χ4n) is 5.52. The second-order valence-corrected chi connectivity index (χ2v) is 9.30. The van der Waals surface area contributed by atoms with Gasteiger partial charge in [0.25, 0.3) is 0 Å². The number of nitrogens with two attached hydrogens (primary N) is 1. The van der Waals surface area contributed by atoms with Gasteiger partial charge in [0, 0.05) is 6.54 Å². The molecule has 0 bridgehead atoms. The molecule has 1 saturated carbocycles. The summed E-state index contributed by atoms with van der Waals surface area (Å²) in [5.41, 5.74) is 11.0. The summed E-state index contributed by atoms with van der Waals surface area (Å²) >= 11 is 5.83. The second kappa shape index (κ2) is 8.10. The van der Waals surface area contributed by atoms with E-state index in [-0.39, 0.29) is 23.2 Å². The van der Waals surface area contributed by atoms with Crippen LogP contribution in [0.2, 0.25) is 0 Å². The maximum Gasteiger partial charge on any atom is 0.109 e. The standard InChI is InChI=1S/C22H33ClN2.ClH/c1-15(2)16-6-8-18-17(12-16)7-9-19-21(3,14-25-20(24)13-23)10-5-11-22(18,19)4;/h6,8,12,15,19H,5,7,9-11,13-14H2,1-4H3,(H2,24,25);1H/t19-,21-,22+;/m0./s1. The number of hydrogen-bond acceptors (Lipinski definition) is 1. The van der Waals surface area contributed by atoms with Crippen molar-refractivity contribution in [1.29, 1.82) is 0 Å². The van der Waals surface area contributed by atoms with Crippen molar-refractivity contribution in [3.63, 3.8) is 0 Å². The molecule has 3 rings (SSSR count). The zero-order valence-electron chi connectivity index (χ0n) is 16.6. The highest BCUT2D eigenvalue weighted by molar-refractivity contribution is 6.27. The number of fused-ring (bicyclic) bond motifs is 3. The molecule has 0 unspecified atom stereocenters. The monoisotopic (exact) mass is 396 g/mol. The van der Waals surface area contributed by atoms with E-state index >= 15 is 0 Å². The molecule has 0 spiro atoms. The van der Waals surface area contributed by atoms with E-state index in [9.17, 15) is 0 Å². The topological polar surface area (TPSA) is 38.4 Å². The highest BCUT2D eigenvalue weighted by Crippen LogP contribution is 2.57. The number of aliphatic imine (C=N–C) groups is 1. The Kier molecular flexibility index (Phi) is 6.72. The Morgan fingerprint density at radius 3 is 2.69 bits per heavy atom. The van der Waals surface area contributed by atoms with Crippen LogP contribution in [0.15, 0.2) is 23.2 Å². The van der Waals surface area contributed by atoms with Gasteiger partial charge in [-0.3, -0.25) is 4.99 Å². The number of alkyl halides is 1. The minimum atomic E-state index is 0. The third-order valence-corrected chi connectivity index (χ3v) is 7.22. The third kappa shape index (κ3) is 3.78. The second-order valence-electron chi connectivity index (χ2n) is 9.03. The van der Waals surface area contributed by atoms with Crippen molar-refractivity contribution in [3.05, 3.63) is 34.9 Å². The lowest BCUT2D eigenvalue weighted by atomic mass is 9.50. The molecule has 0 saturated heterocycles. The quantitative estimate of drug-likeness (QED) is 0.387. The molecular weight excluding hydrogens is 363 g/mol. The van der Waals surface area contributed by atoms with E-state index in [4.69, 9.17) is 17.3 Å². The molecule has 2 aliphatic rings. The number of nitrogens with zero attached hydrogens (tertiary/aromatic N) is 1. The van der Waals surface area contributed by atoms with Crippen molar-refractivity contribution >= 4 is 29.8 Å². The van der Waals surface area contributed by atoms with Crippen LogP contribution in [0.1, 0.15) is 76.0 Å². The minimum Gasteiger partial charge on any atom is -0.386 e. The van der Waals surface area contributed by atoms with Crippen LogP contribution in [0, 0.1) is 11.3 Å². The van der Waals surface area contributed by atoms with Gasteiger partial charge in [-0.15, -0.1) is 24.0 Å². The number of aryl methyl sites for hydroxylation is 1. The van der Waals surface area contributed by atoms with Gasteiger partial charge >= 0.3 is 0 Å². The highest BCUT2D eigenvalue weighted by Gasteiger charge is 2.51. The maximum atomic E-state index is 5.89. The van der Waals surface area contributed by atoms with Crippen molar-refractivity contribution in [2.75, 3.05) is 12.4 Å². The lowest BCUT2D eigenvalue weighted by molar-refractivity contribution is 0.0330. The Morgan fingerprint density at radius 2 is 2.04 bits per heavy atom. The molecule has 0 aliphatic heterocycles. The van der Waals surface area contributed by atoms with Crippen LogP contribution in [0.5, 0.6) is 0 Å².